The zero-order chi connectivity index (χ0) is 18.5. The van der Waals surface area contributed by atoms with Crippen LogP contribution in [0.3, 0.4) is 0 Å². The molecule has 0 radical (unpaired) electrons. The van der Waals surface area contributed by atoms with Gasteiger partial charge in [-0.2, -0.15) is 0 Å². The average molecular weight is 350 g/mol. The number of hydrogen-bond donors (Lipinski definition) is 2. The first-order valence-corrected chi connectivity index (χ1v) is 9.29. The minimum absolute atomic E-state index is 0.0121. The van der Waals surface area contributed by atoms with Gasteiger partial charge in [0.1, 0.15) is 0 Å². The first-order valence-electron chi connectivity index (χ1n) is 9.29. The minimum atomic E-state index is -0.196. The zero-order valence-corrected chi connectivity index (χ0v) is 15.4. The molecule has 0 saturated heterocycles. The molecular weight excluding hydrogens is 324 g/mol. The molecule has 4 nitrogen and oxygen atoms in total. The van der Waals surface area contributed by atoms with Gasteiger partial charge in [-0.25, -0.2) is 0 Å². The highest BCUT2D eigenvalue weighted by molar-refractivity contribution is 5.96. The molecule has 136 valence electrons. The third kappa shape index (κ3) is 4.31. The number of fused-ring (bicyclic) bond motifs is 1. The van der Waals surface area contributed by atoms with Crippen LogP contribution in [-0.4, -0.2) is 24.4 Å². The Hall–Kier alpha value is -2.62. The van der Waals surface area contributed by atoms with Crippen molar-refractivity contribution in [2.24, 2.45) is 0 Å². The van der Waals surface area contributed by atoms with E-state index in [2.05, 4.69) is 29.7 Å². The Kier molecular flexibility index (Phi) is 5.71. The Labute approximate surface area is 155 Å². The van der Waals surface area contributed by atoms with Crippen molar-refractivity contribution in [2.45, 2.75) is 45.1 Å². The average Bonchev–Trinajstić information content (AvgIpc) is 3.13. The molecule has 0 bridgehead atoms. The molecule has 2 atom stereocenters. The first kappa shape index (κ1) is 18.2. The second kappa shape index (κ2) is 8.17. The Morgan fingerprint density at radius 3 is 2.50 bits per heavy atom. The van der Waals surface area contributed by atoms with Crippen LogP contribution >= 0.6 is 0 Å². The monoisotopic (exact) mass is 350 g/mol. The molecule has 2 unspecified atom stereocenters. The van der Waals surface area contributed by atoms with Gasteiger partial charge in [0.2, 0.25) is 5.91 Å². The fourth-order valence-corrected chi connectivity index (χ4v) is 3.45. The van der Waals surface area contributed by atoms with Gasteiger partial charge in [0, 0.05) is 17.5 Å². The summed E-state index contributed by atoms with van der Waals surface area (Å²) >= 11 is 0. The van der Waals surface area contributed by atoms with Crippen molar-refractivity contribution in [2.75, 3.05) is 6.54 Å². The maximum atomic E-state index is 12.3. The lowest BCUT2D eigenvalue weighted by molar-refractivity contribution is -0.120. The minimum Gasteiger partial charge on any atom is -0.352 e. The maximum Gasteiger partial charge on any atom is 0.251 e. The normalized spacial score (nSPS) is 15.0. The molecule has 1 aliphatic rings. The van der Waals surface area contributed by atoms with Crippen molar-refractivity contribution < 1.29 is 9.59 Å². The van der Waals surface area contributed by atoms with Crippen molar-refractivity contribution in [3.05, 3.63) is 70.8 Å². The topological polar surface area (TPSA) is 58.2 Å². The van der Waals surface area contributed by atoms with Crippen LogP contribution in [0.25, 0.3) is 0 Å². The lowest BCUT2D eigenvalue weighted by Crippen LogP contribution is -2.42. The predicted molar refractivity (Wildman–Crippen MR) is 103 cm³/mol. The van der Waals surface area contributed by atoms with E-state index in [-0.39, 0.29) is 30.3 Å². The van der Waals surface area contributed by atoms with E-state index in [0.717, 1.165) is 19.3 Å². The van der Waals surface area contributed by atoms with Crippen LogP contribution in [0.15, 0.2) is 48.5 Å². The summed E-state index contributed by atoms with van der Waals surface area (Å²) < 4.78 is 0. The van der Waals surface area contributed by atoms with Gasteiger partial charge in [-0.1, -0.05) is 43.3 Å². The lowest BCUT2D eigenvalue weighted by Gasteiger charge is -2.22. The summed E-state index contributed by atoms with van der Waals surface area (Å²) in [7, 11) is 0. The number of carbonyl (C=O) groups excluding carboxylic acids is 2. The van der Waals surface area contributed by atoms with Crippen LogP contribution in [-0.2, 0) is 17.6 Å². The van der Waals surface area contributed by atoms with Crippen molar-refractivity contribution in [3.8, 4) is 0 Å². The van der Waals surface area contributed by atoms with Gasteiger partial charge in [-0.15, -0.1) is 0 Å². The third-order valence-electron chi connectivity index (χ3n) is 5.23. The predicted octanol–water partition coefficient (Wildman–Crippen LogP) is 3.21. The number of rotatable bonds is 6. The van der Waals surface area contributed by atoms with E-state index in [1.54, 1.807) is 0 Å². The number of nitrogens with one attached hydrogen (secondary N) is 2. The number of hydrogen-bond acceptors (Lipinski definition) is 2. The molecule has 0 aromatic heterocycles. The van der Waals surface area contributed by atoms with Crippen LogP contribution in [0.1, 0.15) is 53.2 Å². The van der Waals surface area contributed by atoms with Crippen LogP contribution in [0.5, 0.6) is 0 Å². The summed E-state index contributed by atoms with van der Waals surface area (Å²) in [6.07, 6.45) is 3.28. The number of aryl methyl sites for hydroxylation is 2. The molecular formula is C22H26N2O2. The quantitative estimate of drug-likeness (QED) is 0.840. The molecule has 2 aromatic rings. The van der Waals surface area contributed by atoms with Crippen LogP contribution in [0, 0.1) is 0 Å². The largest absolute Gasteiger partial charge is 0.352 e. The molecule has 2 N–H and O–H groups in total. The first-order chi connectivity index (χ1) is 12.5. The summed E-state index contributed by atoms with van der Waals surface area (Å²) in [4.78, 5) is 24.5. The zero-order valence-electron chi connectivity index (χ0n) is 15.4. The molecule has 0 heterocycles. The van der Waals surface area contributed by atoms with Crippen LogP contribution in [0.2, 0.25) is 0 Å². The molecule has 3 rings (SSSR count). The van der Waals surface area contributed by atoms with E-state index in [4.69, 9.17) is 0 Å². The van der Waals surface area contributed by atoms with Crippen molar-refractivity contribution >= 4 is 11.8 Å². The summed E-state index contributed by atoms with van der Waals surface area (Å²) in [5, 5.41) is 5.70. The van der Waals surface area contributed by atoms with Gasteiger partial charge >= 0.3 is 0 Å². The van der Waals surface area contributed by atoms with Gasteiger partial charge in [-0.3, -0.25) is 9.59 Å². The van der Waals surface area contributed by atoms with E-state index in [0.29, 0.717) is 5.56 Å². The van der Waals surface area contributed by atoms with E-state index in [1.807, 2.05) is 43.3 Å². The summed E-state index contributed by atoms with van der Waals surface area (Å²) in [5.41, 5.74) is 4.40. The Morgan fingerprint density at radius 2 is 1.73 bits per heavy atom. The van der Waals surface area contributed by atoms with E-state index in [9.17, 15) is 9.59 Å². The van der Waals surface area contributed by atoms with Crippen molar-refractivity contribution in [3.63, 3.8) is 0 Å². The molecule has 0 aliphatic heterocycles. The molecule has 2 aromatic carbocycles. The Morgan fingerprint density at radius 1 is 1.00 bits per heavy atom. The van der Waals surface area contributed by atoms with Crippen molar-refractivity contribution in [1.29, 1.82) is 0 Å². The molecule has 0 spiro atoms. The maximum absolute atomic E-state index is 12.3. The molecule has 1 aliphatic carbocycles. The van der Waals surface area contributed by atoms with Crippen molar-refractivity contribution in [1.82, 2.24) is 10.6 Å². The fourth-order valence-electron chi connectivity index (χ4n) is 3.45. The lowest BCUT2D eigenvalue weighted by atomic mass is 9.94. The molecule has 2 amide bonds. The molecule has 0 saturated carbocycles. The smallest absolute Gasteiger partial charge is 0.251 e. The summed E-state index contributed by atoms with van der Waals surface area (Å²) in [6.45, 7) is 4.06. The highest BCUT2D eigenvalue weighted by Gasteiger charge is 2.18. The van der Waals surface area contributed by atoms with E-state index < -0.39 is 0 Å². The van der Waals surface area contributed by atoms with Gasteiger partial charge in [-0.05, 0) is 55.0 Å². The number of carbonyl (C=O) groups is 2. The summed E-state index contributed by atoms with van der Waals surface area (Å²) in [5.74, 6) is -0.166. The highest BCUT2D eigenvalue weighted by atomic mass is 16.2. The van der Waals surface area contributed by atoms with Gasteiger partial charge in [0.25, 0.3) is 5.91 Å². The second-order valence-electron chi connectivity index (χ2n) is 7.08. The second-order valence-corrected chi connectivity index (χ2v) is 7.08. The number of amides is 2. The standard InChI is InChI=1S/C22H26N2O2/c1-15(17-7-4-3-5-8-17)16(2)24-21(25)14-23-22(26)20-12-11-18-9-6-10-19(18)13-20/h3-5,7-8,11-13,15-16H,6,9-10,14H2,1-2H3,(H,23,26)(H,24,25). The third-order valence-corrected chi connectivity index (χ3v) is 5.23. The van der Waals surface area contributed by atoms with E-state index >= 15 is 0 Å². The van der Waals surface area contributed by atoms with Gasteiger partial charge in [0.05, 0.1) is 6.54 Å². The Bertz CT molecular complexity index is 786. The summed E-state index contributed by atoms with van der Waals surface area (Å²) in [6, 6.07) is 15.9. The van der Waals surface area contributed by atoms with Crippen LogP contribution < -0.4 is 10.6 Å². The molecule has 26 heavy (non-hydrogen) atoms. The number of benzene rings is 2. The van der Waals surface area contributed by atoms with Crippen LogP contribution in [0.4, 0.5) is 0 Å². The molecule has 0 fully saturated rings. The van der Waals surface area contributed by atoms with Gasteiger partial charge < -0.3 is 10.6 Å². The molecule has 4 heteroatoms. The Balaban J connectivity index is 1.50. The SMILES string of the molecule is CC(NC(=O)CNC(=O)c1ccc2c(c1)CCC2)C(C)c1ccccc1. The van der Waals surface area contributed by atoms with Gasteiger partial charge in [0.15, 0.2) is 0 Å². The highest BCUT2D eigenvalue weighted by Crippen LogP contribution is 2.22. The fraction of sp³-hybridized carbons (Fsp3) is 0.364. The van der Waals surface area contributed by atoms with E-state index in [1.165, 1.54) is 16.7 Å².